The predicted octanol–water partition coefficient (Wildman–Crippen LogP) is 5.04. The summed E-state index contributed by atoms with van der Waals surface area (Å²) in [5.41, 5.74) is 1.32. The van der Waals surface area contributed by atoms with E-state index in [2.05, 4.69) is 9.44 Å². The van der Waals surface area contributed by atoms with Crippen LogP contribution in [0, 0.1) is 11.7 Å². The standard InChI is InChI=1S/C24H24FN3O4S2.CH4O/c1-33-26-15-5-7-16(8-6-15)34-27-20-4-2-3-17-21(20)19(25)13-18(22(17)29)23(30)28-11-9-14(10-12-28)24(31)32;1-2/h2-8,13-14,26-27,29H,9-12H2,1H3,(H,31,32);2H,1H3. The molecule has 1 heterocycles. The fourth-order valence-electron chi connectivity index (χ4n) is 3.99. The molecule has 1 fully saturated rings. The number of anilines is 2. The minimum Gasteiger partial charge on any atom is -0.506 e. The van der Waals surface area contributed by atoms with Crippen LogP contribution in [0.15, 0.2) is 53.4 Å². The number of halogens is 1. The Bertz CT molecular complexity index is 1220. The molecule has 0 atom stereocenters. The summed E-state index contributed by atoms with van der Waals surface area (Å²) in [4.78, 5) is 26.5. The van der Waals surface area contributed by atoms with Crippen molar-refractivity contribution in [3.63, 3.8) is 0 Å². The number of piperidine rings is 1. The van der Waals surface area contributed by atoms with E-state index in [-0.39, 0.29) is 35.2 Å². The van der Waals surface area contributed by atoms with E-state index in [4.69, 9.17) is 10.2 Å². The monoisotopic (exact) mass is 533 g/mol. The molecule has 11 heteroatoms. The molecule has 8 nitrogen and oxygen atoms in total. The summed E-state index contributed by atoms with van der Waals surface area (Å²) >= 11 is 2.81. The number of amides is 1. The van der Waals surface area contributed by atoms with Crippen molar-refractivity contribution in [2.24, 2.45) is 5.92 Å². The van der Waals surface area contributed by atoms with Crippen LogP contribution in [0.25, 0.3) is 10.8 Å². The normalized spacial score (nSPS) is 13.6. The number of likely N-dealkylation sites (tertiary alicyclic amines) is 1. The average Bonchev–Trinajstić information content (AvgIpc) is 2.91. The number of aliphatic carboxylic acids is 1. The van der Waals surface area contributed by atoms with Gasteiger partial charge < -0.3 is 29.7 Å². The fourth-order valence-corrected chi connectivity index (χ4v) is 5.03. The van der Waals surface area contributed by atoms with Gasteiger partial charge in [0.2, 0.25) is 0 Å². The summed E-state index contributed by atoms with van der Waals surface area (Å²) in [6.07, 6.45) is 2.60. The largest absolute Gasteiger partial charge is 0.506 e. The Labute approximate surface area is 217 Å². The molecule has 0 spiro atoms. The lowest BCUT2D eigenvalue weighted by atomic mass is 9.96. The minimum atomic E-state index is -0.878. The van der Waals surface area contributed by atoms with Gasteiger partial charge >= 0.3 is 5.97 Å². The second kappa shape index (κ2) is 12.7. The van der Waals surface area contributed by atoms with Crippen LogP contribution in [0.5, 0.6) is 5.75 Å². The Kier molecular flexibility index (Phi) is 9.68. The number of phenolic OH excluding ortho intramolecular Hbond substituents is 1. The maximum absolute atomic E-state index is 15.2. The van der Waals surface area contributed by atoms with Gasteiger partial charge in [-0.15, -0.1) is 0 Å². The number of hydrogen-bond acceptors (Lipinski definition) is 8. The molecule has 3 aromatic carbocycles. The van der Waals surface area contributed by atoms with Crippen LogP contribution in [0.3, 0.4) is 0 Å². The fraction of sp³-hybridized carbons (Fsp3) is 0.280. The van der Waals surface area contributed by atoms with Gasteiger partial charge in [0.15, 0.2) is 0 Å². The van der Waals surface area contributed by atoms with Crippen LogP contribution < -0.4 is 9.44 Å². The molecule has 0 aromatic heterocycles. The number of aliphatic hydroxyl groups excluding tert-OH is 1. The number of phenols is 1. The van der Waals surface area contributed by atoms with Crippen molar-refractivity contribution in [3.8, 4) is 5.75 Å². The number of nitrogens with zero attached hydrogens (tertiary/aromatic N) is 1. The highest BCUT2D eigenvalue weighted by atomic mass is 32.2. The SMILES string of the molecule is CO.CSNc1ccc(SNc2cccc3c(O)c(C(=O)N4CCC(C(=O)O)CC4)cc(F)c23)cc1. The van der Waals surface area contributed by atoms with Crippen LogP contribution in [0.2, 0.25) is 0 Å². The Morgan fingerprint density at radius 1 is 1.06 bits per heavy atom. The summed E-state index contributed by atoms with van der Waals surface area (Å²) in [7, 11) is 1.00. The van der Waals surface area contributed by atoms with E-state index in [1.54, 1.807) is 18.2 Å². The zero-order valence-corrected chi connectivity index (χ0v) is 21.5. The van der Waals surface area contributed by atoms with Crippen molar-refractivity contribution >= 4 is 57.9 Å². The molecule has 5 N–H and O–H groups in total. The third kappa shape index (κ3) is 6.15. The smallest absolute Gasteiger partial charge is 0.306 e. The molecule has 1 aliphatic rings. The highest BCUT2D eigenvalue weighted by Gasteiger charge is 2.29. The van der Waals surface area contributed by atoms with E-state index in [0.29, 0.717) is 18.5 Å². The van der Waals surface area contributed by atoms with E-state index in [1.165, 1.54) is 28.8 Å². The number of carbonyl (C=O) groups excluding carboxylic acids is 1. The second-order valence-corrected chi connectivity index (χ2v) is 9.41. The molecule has 0 unspecified atom stereocenters. The van der Waals surface area contributed by atoms with Gasteiger partial charge in [-0.1, -0.05) is 24.1 Å². The first-order valence-corrected chi connectivity index (χ1v) is 13.2. The number of aliphatic hydroxyl groups is 1. The van der Waals surface area contributed by atoms with E-state index in [9.17, 15) is 14.7 Å². The minimum absolute atomic E-state index is 0.125. The summed E-state index contributed by atoms with van der Waals surface area (Å²) in [5.74, 6) is -2.79. The maximum Gasteiger partial charge on any atom is 0.306 e. The molecule has 1 aliphatic heterocycles. The molecule has 0 radical (unpaired) electrons. The van der Waals surface area contributed by atoms with Crippen molar-refractivity contribution in [2.45, 2.75) is 17.7 Å². The van der Waals surface area contributed by atoms with Crippen LogP contribution >= 0.6 is 23.9 Å². The summed E-state index contributed by atoms with van der Waals surface area (Å²) in [6, 6.07) is 13.8. The van der Waals surface area contributed by atoms with Gasteiger partial charge in [0, 0.05) is 47.8 Å². The molecule has 3 aromatic rings. The lowest BCUT2D eigenvalue weighted by Crippen LogP contribution is -2.40. The van der Waals surface area contributed by atoms with Gasteiger partial charge in [0.25, 0.3) is 5.91 Å². The molecule has 0 aliphatic carbocycles. The zero-order valence-electron chi connectivity index (χ0n) is 19.8. The number of carboxylic acid groups (broad SMARTS) is 1. The Hall–Kier alpha value is -3.15. The molecule has 0 saturated carbocycles. The number of hydrogen-bond donors (Lipinski definition) is 5. The first-order valence-electron chi connectivity index (χ1n) is 11.1. The first-order chi connectivity index (χ1) is 17.4. The van der Waals surface area contributed by atoms with Crippen molar-refractivity contribution < 1.29 is 29.3 Å². The molecule has 1 amide bonds. The zero-order chi connectivity index (χ0) is 26.2. The molecule has 192 valence electrons. The van der Waals surface area contributed by atoms with E-state index in [0.717, 1.165) is 23.8 Å². The Morgan fingerprint density at radius 2 is 1.72 bits per heavy atom. The van der Waals surface area contributed by atoms with Gasteiger partial charge in [-0.3, -0.25) is 9.59 Å². The molecule has 1 saturated heterocycles. The third-order valence-corrected chi connectivity index (χ3v) is 7.07. The number of carboxylic acids is 1. The molecular weight excluding hydrogens is 505 g/mol. The van der Waals surface area contributed by atoms with Gasteiger partial charge in [-0.05, 0) is 61.2 Å². The number of rotatable bonds is 7. The van der Waals surface area contributed by atoms with Crippen molar-refractivity contribution in [1.82, 2.24) is 4.90 Å². The van der Waals surface area contributed by atoms with Gasteiger partial charge in [-0.2, -0.15) is 0 Å². The van der Waals surface area contributed by atoms with Crippen molar-refractivity contribution in [2.75, 3.05) is 35.9 Å². The van der Waals surface area contributed by atoms with E-state index >= 15 is 4.39 Å². The highest BCUT2D eigenvalue weighted by Crippen LogP contribution is 2.38. The van der Waals surface area contributed by atoms with Crippen LogP contribution in [0.4, 0.5) is 15.8 Å². The number of nitrogens with one attached hydrogen (secondary N) is 2. The van der Waals surface area contributed by atoms with Crippen molar-refractivity contribution in [1.29, 1.82) is 0 Å². The summed E-state index contributed by atoms with van der Waals surface area (Å²) in [6.45, 7) is 0.497. The molecule has 0 bridgehead atoms. The third-order valence-electron chi connectivity index (χ3n) is 5.80. The quantitative estimate of drug-likeness (QED) is 0.266. The van der Waals surface area contributed by atoms with Crippen LogP contribution in [0.1, 0.15) is 23.2 Å². The Morgan fingerprint density at radius 3 is 2.33 bits per heavy atom. The van der Waals surface area contributed by atoms with Gasteiger partial charge in [-0.25, -0.2) is 4.39 Å². The topological polar surface area (TPSA) is 122 Å². The van der Waals surface area contributed by atoms with Gasteiger partial charge in [0.1, 0.15) is 11.6 Å². The molecule has 36 heavy (non-hydrogen) atoms. The van der Waals surface area contributed by atoms with Crippen LogP contribution in [-0.4, -0.2) is 58.6 Å². The highest BCUT2D eigenvalue weighted by molar-refractivity contribution is 8.00. The van der Waals surface area contributed by atoms with E-state index < -0.39 is 23.6 Å². The van der Waals surface area contributed by atoms with Gasteiger partial charge in [0.05, 0.1) is 17.2 Å². The number of fused-ring (bicyclic) bond motifs is 1. The second-order valence-electron chi connectivity index (χ2n) is 7.92. The van der Waals surface area contributed by atoms with E-state index in [1.807, 2.05) is 30.5 Å². The lowest BCUT2D eigenvalue weighted by molar-refractivity contribution is -0.143. The maximum atomic E-state index is 15.2. The lowest BCUT2D eigenvalue weighted by Gasteiger charge is -2.30. The van der Waals surface area contributed by atoms with Crippen LogP contribution in [-0.2, 0) is 4.79 Å². The predicted molar refractivity (Wildman–Crippen MR) is 143 cm³/mol. The average molecular weight is 534 g/mol. The van der Waals surface area contributed by atoms with Crippen molar-refractivity contribution in [3.05, 3.63) is 59.9 Å². The Balaban J connectivity index is 0.00000176. The summed E-state index contributed by atoms with van der Waals surface area (Å²) in [5, 5.41) is 27.4. The first kappa shape index (κ1) is 27.4. The molecular formula is C25H28FN3O5S2. The molecule has 4 rings (SSSR count). The number of benzene rings is 3. The number of carbonyl (C=O) groups is 2. The number of aromatic hydroxyl groups is 1. The summed E-state index contributed by atoms with van der Waals surface area (Å²) < 4.78 is 21.5.